The minimum absolute atomic E-state index is 0.0815. The van der Waals surface area contributed by atoms with Gasteiger partial charge in [0, 0.05) is 43.8 Å². The van der Waals surface area contributed by atoms with E-state index in [1.807, 2.05) is 10.3 Å². The number of thiazole rings is 1. The van der Waals surface area contributed by atoms with E-state index in [4.69, 9.17) is 0 Å². The van der Waals surface area contributed by atoms with Crippen molar-refractivity contribution in [2.45, 2.75) is 6.92 Å². The number of carbonyl (C=O) groups is 1. The van der Waals surface area contributed by atoms with Gasteiger partial charge in [0.2, 0.25) is 5.91 Å². The lowest BCUT2D eigenvalue weighted by Crippen LogP contribution is -2.48. The average molecular weight is 361 g/mol. The van der Waals surface area contributed by atoms with Crippen LogP contribution < -0.4 is 10.2 Å². The molecule has 0 aliphatic carbocycles. The van der Waals surface area contributed by atoms with Crippen molar-refractivity contribution < 1.29 is 9.72 Å². The van der Waals surface area contributed by atoms with Crippen LogP contribution in [0.2, 0.25) is 0 Å². The van der Waals surface area contributed by atoms with Crippen LogP contribution in [0, 0.1) is 17.0 Å². The van der Waals surface area contributed by atoms with Crippen molar-refractivity contribution in [2.75, 3.05) is 42.9 Å². The zero-order valence-electron chi connectivity index (χ0n) is 13.8. The van der Waals surface area contributed by atoms with Gasteiger partial charge in [0.15, 0.2) is 5.13 Å². The van der Waals surface area contributed by atoms with Crippen molar-refractivity contribution in [3.8, 4) is 0 Å². The minimum Gasteiger partial charge on any atom is -0.346 e. The maximum Gasteiger partial charge on any atom is 0.293 e. The number of hydrogen-bond acceptors (Lipinski definition) is 7. The van der Waals surface area contributed by atoms with E-state index in [0.29, 0.717) is 0 Å². The average Bonchev–Trinajstić information content (AvgIpc) is 3.11. The number of piperazine rings is 1. The third kappa shape index (κ3) is 4.31. The Morgan fingerprint density at radius 3 is 2.76 bits per heavy atom. The maximum absolute atomic E-state index is 12.3. The predicted octanol–water partition coefficient (Wildman–Crippen LogP) is 2.12. The first-order chi connectivity index (χ1) is 12.0. The Bertz CT molecular complexity index is 757. The van der Waals surface area contributed by atoms with Gasteiger partial charge in [0.1, 0.15) is 5.69 Å². The van der Waals surface area contributed by atoms with Gasteiger partial charge in [-0.1, -0.05) is 6.07 Å². The van der Waals surface area contributed by atoms with Gasteiger partial charge in [0.05, 0.1) is 11.5 Å². The molecule has 1 aliphatic heterocycles. The molecule has 8 nitrogen and oxygen atoms in total. The Morgan fingerprint density at radius 1 is 1.36 bits per heavy atom. The van der Waals surface area contributed by atoms with Crippen LogP contribution in [-0.2, 0) is 4.79 Å². The molecule has 2 aromatic rings. The molecule has 132 valence electrons. The SMILES string of the molecule is Cc1ccc(NC(=O)CN2CCN(c3nccs3)CC2)c([N+](=O)[O-])c1. The van der Waals surface area contributed by atoms with Crippen LogP contribution >= 0.6 is 11.3 Å². The number of nitro benzene ring substituents is 1. The summed E-state index contributed by atoms with van der Waals surface area (Å²) >= 11 is 1.60. The molecule has 2 heterocycles. The number of nitrogens with one attached hydrogen (secondary N) is 1. The molecule has 0 radical (unpaired) electrons. The minimum atomic E-state index is -0.477. The Kier molecular flexibility index (Phi) is 5.25. The topological polar surface area (TPSA) is 91.6 Å². The number of hydrogen-bond donors (Lipinski definition) is 1. The molecule has 0 unspecified atom stereocenters. The van der Waals surface area contributed by atoms with Gasteiger partial charge in [0.25, 0.3) is 5.69 Å². The van der Waals surface area contributed by atoms with E-state index in [0.717, 1.165) is 36.9 Å². The number of carbonyl (C=O) groups excluding carboxylic acids is 1. The van der Waals surface area contributed by atoms with Gasteiger partial charge in [-0.25, -0.2) is 4.98 Å². The molecule has 25 heavy (non-hydrogen) atoms. The monoisotopic (exact) mass is 361 g/mol. The highest BCUT2D eigenvalue weighted by molar-refractivity contribution is 7.13. The van der Waals surface area contributed by atoms with Gasteiger partial charge in [-0.2, -0.15) is 0 Å². The highest BCUT2D eigenvalue weighted by atomic mass is 32.1. The molecule has 1 aliphatic rings. The van der Waals surface area contributed by atoms with Gasteiger partial charge in [-0.3, -0.25) is 19.8 Å². The molecule has 0 atom stereocenters. The fraction of sp³-hybridized carbons (Fsp3) is 0.375. The molecular formula is C16H19N5O3S. The summed E-state index contributed by atoms with van der Waals surface area (Å²) in [5, 5.41) is 16.7. The summed E-state index contributed by atoms with van der Waals surface area (Å²) in [5.41, 5.74) is 0.937. The first-order valence-corrected chi connectivity index (χ1v) is 8.82. The summed E-state index contributed by atoms with van der Waals surface area (Å²) in [7, 11) is 0. The summed E-state index contributed by atoms with van der Waals surface area (Å²) in [4.78, 5) is 31.4. The molecule has 9 heteroatoms. The summed E-state index contributed by atoms with van der Waals surface area (Å²) in [6.07, 6.45) is 1.79. The third-order valence-electron chi connectivity index (χ3n) is 4.05. The molecule has 1 aromatic carbocycles. The molecule has 0 bridgehead atoms. The second kappa shape index (κ2) is 7.58. The summed E-state index contributed by atoms with van der Waals surface area (Å²) in [5.74, 6) is -0.241. The van der Waals surface area contributed by atoms with Crippen molar-refractivity contribution in [3.63, 3.8) is 0 Å². The second-order valence-electron chi connectivity index (χ2n) is 5.90. The van der Waals surface area contributed by atoms with E-state index in [2.05, 4.69) is 15.2 Å². The number of aromatic nitrogens is 1. The normalized spacial score (nSPS) is 15.2. The van der Waals surface area contributed by atoms with Crippen molar-refractivity contribution in [1.29, 1.82) is 0 Å². The lowest BCUT2D eigenvalue weighted by Gasteiger charge is -2.34. The van der Waals surface area contributed by atoms with Crippen LogP contribution in [0.5, 0.6) is 0 Å². The molecule has 1 aromatic heterocycles. The number of anilines is 2. The third-order valence-corrected chi connectivity index (χ3v) is 4.89. The molecule has 1 amide bonds. The van der Waals surface area contributed by atoms with Crippen LogP contribution in [0.3, 0.4) is 0 Å². The van der Waals surface area contributed by atoms with Crippen molar-refractivity contribution in [1.82, 2.24) is 9.88 Å². The Hall–Kier alpha value is -2.52. The second-order valence-corrected chi connectivity index (χ2v) is 6.78. The number of nitro groups is 1. The molecule has 3 rings (SSSR count). The van der Waals surface area contributed by atoms with E-state index in [1.54, 1.807) is 36.6 Å². The predicted molar refractivity (Wildman–Crippen MR) is 97.2 cm³/mol. The Labute approximate surface area is 149 Å². The van der Waals surface area contributed by atoms with E-state index >= 15 is 0 Å². The fourth-order valence-corrected chi connectivity index (χ4v) is 3.46. The van der Waals surface area contributed by atoms with E-state index in [1.165, 1.54) is 6.07 Å². The number of nitrogens with zero attached hydrogens (tertiary/aromatic N) is 4. The molecular weight excluding hydrogens is 342 g/mol. The van der Waals surface area contributed by atoms with Crippen molar-refractivity contribution in [3.05, 3.63) is 45.5 Å². The molecule has 0 spiro atoms. The quantitative estimate of drug-likeness (QED) is 0.648. The Morgan fingerprint density at radius 2 is 2.12 bits per heavy atom. The van der Waals surface area contributed by atoms with Crippen LogP contribution in [0.4, 0.5) is 16.5 Å². The van der Waals surface area contributed by atoms with Gasteiger partial charge in [-0.05, 0) is 18.6 Å². The van der Waals surface area contributed by atoms with Gasteiger partial charge in [-0.15, -0.1) is 11.3 Å². The summed E-state index contributed by atoms with van der Waals surface area (Å²) < 4.78 is 0. The lowest BCUT2D eigenvalue weighted by atomic mass is 10.2. The van der Waals surface area contributed by atoms with Crippen LogP contribution in [-0.4, -0.2) is 53.4 Å². The van der Waals surface area contributed by atoms with Gasteiger partial charge < -0.3 is 10.2 Å². The van der Waals surface area contributed by atoms with Crippen molar-refractivity contribution in [2.24, 2.45) is 0 Å². The van der Waals surface area contributed by atoms with Crippen LogP contribution in [0.25, 0.3) is 0 Å². The van der Waals surface area contributed by atoms with Gasteiger partial charge >= 0.3 is 0 Å². The van der Waals surface area contributed by atoms with Crippen LogP contribution in [0.15, 0.2) is 29.8 Å². The number of rotatable bonds is 5. The number of amides is 1. The van der Waals surface area contributed by atoms with E-state index in [-0.39, 0.29) is 23.8 Å². The number of benzene rings is 1. The maximum atomic E-state index is 12.3. The standard InChI is InChI=1S/C16H19N5O3S/c1-12-2-3-13(14(10-12)21(23)24)18-15(22)11-19-5-7-20(8-6-19)16-17-4-9-25-16/h2-4,9-10H,5-8,11H2,1H3,(H,18,22). The number of aryl methyl sites for hydroxylation is 1. The first-order valence-electron chi connectivity index (χ1n) is 7.94. The molecule has 0 saturated carbocycles. The molecule has 1 fully saturated rings. The fourth-order valence-electron chi connectivity index (χ4n) is 2.76. The van der Waals surface area contributed by atoms with E-state index in [9.17, 15) is 14.9 Å². The molecule has 1 N–H and O–H groups in total. The largest absolute Gasteiger partial charge is 0.346 e. The lowest BCUT2D eigenvalue weighted by molar-refractivity contribution is -0.384. The molecule has 1 saturated heterocycles. The van der Waals surface area contributed by atoms with Crippen molar-refractivity contribution >= 4 is 33.8 Å². The summed E-state index contributed by atoms with van der Waals surface area (Å²) in [6.45, 7) is 5.13. The Balaban J connectivity index is 1.55. The zero-order chi connectivity index (χ0) is 17.8. The highest BCUT2D eigenvalue weighted by Gasteiger charge is 2.22. The van der Waals surface area contributed by atoms with E-state index < -0.39 is 4.92 Å². The first kappa shape index (κ1) is 17.3. The zero-order valence-corrected chi connectivity index (χ0v) is 14.7. The smallest absolute Gasteiger partial charge is 0.293 e. The summed E-state index contributed by atoms with van der Waals surface area (Å²) in [6, 6.07) is 4.78. The highest BCUT2D eigenvalue weighted by Crippen LogP contribution is 2.25. The van der Waals surface area contributed by atoms with Crippen LogP contribution in [0.1, 0.15) is 5.56 Å².